The first-order valence-electron chi connectivity index (χ1n) is 7.34. The van der Waals surface area contributed by atoms with Gasteiger partial charge in [-0.05, 0) is 62.6 Å². The van der Waals surface area contributed by atoms with Crippen molar-refractivity contribution < 1.29 is 9.90 Å². The summed E-state index contributed by atoms with van der Waals surface area (Å²) in [5.41, 5.74) is 10.9. The molecule has 0 saturated carbocycles. The fourth-order valence-corrected chi connectivity index (χ4v) is 2.90. The van der Waals surface area contributed by atoms with E-state index in [2.05, 4.69) is 39.8 Å². The topological polar surface area (TPSA) is 63.3 Å². The van der Waals surface area contributed by atoms with Gasteiger partial charge in [0.1, 0.15) is 0 Å². The summed E-state index contributed by atoms with van der Waals surface area (Å²) in [6, 6.07) is 4.43. The minimum absolute atomic E-state index is 0.224. The molecule has 0 bridgehead atoms. The Kier molecular flexibility index (Phi) is 6.21. The molecule has 1 aromatic carbocycles. The fraction of sp³-hybridized carbons (Fsp3) is 0.588. The van der Waals surface area contributed by atoms with Gasteiger partial charge in [-0.1, -0.05) is 24.6 Å². The van der Waals surface area contributed by atoms with Gasteiger partial charge in [0.25, 0.3) is 0 Å². The molecule has 0 aliphatic heterocycles. The molecule has 2 unspecified atom stereocenters. The van der Waals surface area contributed by atoms with Crippen molar-refractivity contribution >= 4 is 5.97 Å². The van der Waals surface area contributed by atoms with Gasteiger partial charge in [-0.25, -0.2) is 0 Å². The third-order valence-corrected chi connectivity index (χ3v) is 4.05. The van der Waals surface area contributed by atoms with E-state index < -0.39 is 11.9 Å². The van der Waals surface area contributed by atoms with E-state index in [0.717, 1.165) is 12.8 Å². The number of benzene rings is 1. The van der Waals surface area contributed by atoms with Crippen LogP contribution in [-0.2, 0) is 11.2 Å². The van der Waals surface area contributed by atoms with Crippen LogP contribution in [0.25, 0.3) is 0 Å². The Morgan fingerprint density at radius 3 is 2.25 bits per heavy atom. The Morgan fingerprint density at radius 2 is 1.80 bits per heavy atom. The molecule has 0 radical (unpaired) electrons. The van der Waals surface area contributed by atoms with Crippen LogP contribution in [0.15, 0.2) is 12.1 Å². The summed E-state index contributed by atoms with van der Waals surface area (Å²) in [6.07, 6.45) is 2.68. The van der Waals surface area contributed by atoms with Gasteiger partial charge in [0.05, 0.1) is 5.92 Å². The van der Waals surface area contributed by atoms with Gasteiger partial charge in [0.15, 0.2) is 0 Å². The van der Waals surface area contributed by atoms with E-state index in [0.29, 0.717) is 12.3 Å². The van der Waals surface area contributed by atoms with Gasteiger partial charge in [-0.2, -0.15) is 0 Å². The molecule has 112 valence electrons. The number of hydrogen-bond acceptors (Lipinski definition) is 2. The van der Waals surface area contributed by atoms with E-state index in [9.17, 15) is 4.79 Å². The summed E-state index contributed by atoms with van der Waals surface area (Å²) < 4.78 is 0. The lowest BCUT2D eigenvalue weighted by atomic mass is 9.88. The quantitative estimate of drug-likeness (QED) is 0.804. The van der Waals surface area contributed by atoms with Gasteiger partial charge < -0.3 is 10.8 Å². The SMILES string of the molecule is Cc1cc(C)c(CCC(C)CC(CN)C(=O)O)c(C)c1. The molecule has 0 fully saturated rings. The van der Waals surface area contributed by atoms with Crippen LogP contribution in [0.2, 0.25) is 0 Å². The summed E-state index contributed by atoms with van der Waals surface area (Å²) >= 11 is 0. The lowest BCUT2D eigenvalue weighted by Gasteiger charge is -2.18. The van der Waals surface area contributed by atoms with E-state index in [1.165, 1.54) is 22.3 Å². The van der Waals surface area contributed by atoms with Gasteiger partial charge in [0, 0.05) is 6.54 Å². The molecular weight excluding hydrogens is 250 g/mol. The zero-order valence-electron chi connectivity index (χ0n) is 13.1. The third-order valence-electron chi connectivity index (χ3n) is 4.05. The van der Waals surface area contributed by atoms with Gasteiger partial charge in [-0.15, -0.1) is 0 Å². The monoisotopic (exact) mass is 277 g/mol. The van der Waals surface area contributed by atoms with Gasteiger partial charge >= 0.3 is 5.97 Å². The maximum absolute atomic E-state index is 11.0. The summed E-state index contributed by atoms with van der Waals surface area (Å²) in [7, 11) is 0. The number of carboxylic acids is 1. The lowest BCUT2D eigenvalue weighted by molar-refractivity contribution is -0.141. The zero-order valence-corrected chi connectivity index (χ0v) is 13.1. The average Bonchev–Trinajstić information content (AvgIpc) is 2.34. The van der Waals surface area contributed by atoms with Crippen molar-refractivity contribution in [3.63, 3.8) is 0 Å². The predicted molar refractivity (Wildman–Crippen MR) is 82.9 cm³/mol. The van der Waals surface area contributed by atoms with Gasteiger partial charge in [0.2, 0.25) is 0 Å². The molecule has 0 amide bonds. The van der Waals surface area contributed by atoms with Gasteiger partial charge in [-0.3, -0.25) is 4.79 Å². The molecule has 0 heterocycles. The molecule has 20 heavy (non-hydrogen) atoms. The highest BCUT2D eigenvalue weighted by Crippen LogP contribution is 2.22. The highest BCUT2D eigenvalue weighted by atomic mass is 16.4. The summed E-state index contributed by atoms with van der Waals surface area (Å²) in [6.45, 7) is 8.76. The third kappa shape index (κ3) is 4.64. The summed E-state index contributed by atoms with van der Waals surface area (Å²) in [5.74, 6) is -0.813. The predicted octanol–water partition coefficient (Wildman–Crippen LogP) is 3.23. The van der Waals surface area contributed by atoms with Crippen LogP contribution in [0, 0.1) is 32.6 Å². The van der Waals surface area contributed by atoms with Crippen LogP contribution in [-0.4, -0.2) is 17.6 Å². The minimum atomic E-state index is -0.776. The van der Waals surface area contributed by atoms with E-state index in [4.69, 9.17) is 10.8 Å². The number of aliphatic carboxylic acids is 1. The molecule has 1 aromatic rings. The first kappa shape index (κ1) is 16.7. The molecule has 2 atom stereocenters. The van der Waals surface area contributed by atoms with Crippen molar-refractivity contribution in [3.8, 4) is 0 Å². The second kappa shape index (κ2) is 7.44. The van der Waals surface area contributed by atoms with E-state index in [1.54, 1.807) is 0 Å². The molecule has 3 heteroatoms. The number of hydrogen-bond donors (Lipinski definition) is 2. The second-order valence-corrected chi connectivity index (χ2v) is 6.03. The Hall–Kier alpha value is -1.35. The first-order valence-corrected chi connectivity index (χ1v) is 7.34. The highest BCUT2D eigenvalue weighted by molar-refractivity contribution is 5.70. The number of rotatable bonds is 7. The van der Waals surface area contributed by atoms with Crippen LogP contribution in [0.4, 0.5) is 0 Å². The fourth-order valence-electron chi connectivity index (χ4n) is 2.90. The van der Waals surface area contributed by atoms with E-state index in [1.807, 2.05) is 0 Å². The number of carbonyl (C=O) groups is 1. The summed E-state index contributed by atoms with van der Waals surface area (Å²) in [5, 5.41) is 9.05. The van der Waals surface area contributed by atoms with Crippen molar-refractivity contribution in [1.82, 2.24) is 0 Å². The number of aryl methyl sites for hydroxylation is 3. The molecule has 0 aromatic heterocycles. The molecule has 1 rings (SSSR count). The molecule has 3 nitrogen and oxygen atoms in total. The van der Waals surface area contributed by atoms with Crippen LogP contribution < -0.4 is 5.73 Å². The van der Waals surface area contributed by atoms with Crippen LogP contribution in [0.1, 0.15) is 42.0 Å². The van der Waals surface area contributed by atoms with Crippen molar-refractivity contribution in [2.24, 2.45) is 17.6 Å². The van der Waals surface area contributed by atoms with E-state index in [-0.39, 0.29) is 6.54 Å². The first-order chi connectivity index (χ1) is 9.35. The Bertz CT molecular complexity index is 445. The Morgan fingerprint density at radius 1 is 1.25 bits per heavy atom. The molecular formula is C17H27NO2. The van der Waals surface area contributed by atoms with Crippen molar-refractivity contribution in [3.05, 3.63) is 34.4 Å². The summed E-state index contributed by atoms with van der Waals surface area (Å²) in [4.78, 5) is 11.0. The second-order valence-electron chi connectivity index (χ2n) is 6.03. The smallest absolute Gasteiger partial charge is 0.307 e. The molecule has 3 N–H and O–H groups in total. The Balaban J connectivity index is 2.61. The lowest BCUT2D eigenvalue weighted by Crippen LogP contribution is -2.25. The number of carboxylic acid groups (broad SMARTS) is 1. The Labute approximate surface area is 122 Å². The standard InChI is InChI=1S/C17H27NO2/c1-11(9-15(10-18)17(19)20)5-6-16-13(3)7-12(2)8-14(16)4/h7-8,11,15H,5-6,9-10,18H2,1-4H3,(H,19,20). The normalized spacial score (nSPS) is 14.1. The highest BCUT2D eigenvalue weighted by Gasteiger charge is 2.19. The van der Waals surface area contributed by atoms with Crippen LogP contribution >= 0.6 is 0 Å². The van der Waals surface area contributed by atoms with E-state index >= 15 is 0 Å². The van der Waals surface area contributed by atoms with Crippen molar-refractivity contribution in [1.29, 1.82) is 0 Å². The minimum Gasteiger partial charge on any atom is -0.481 e. The zero-order chi connectivity index (χ0) is 15.3. The molecule has 0 saturated heterocycles. The van der Waals surface area contributed by atoms with Crippen molar-refractivity contribution in [2.75, 3.05) is 6.54 Å². The molecule has 0 aliphatic rings. The average molecular weight is 277 g/mol. The molecule has 0 spiro atoms. The van der Waals surface area contributed by atoms with Crippen LogP contribution in [0.5, 0.6) is 0 Å². The van der Waals surface area contributed by atoms with Crippen LogP contribution in [0.3, 0.4) is 0 Å². The van der Waals surface area contributed by atoms with Crippen molar-refractivity contribution in [2.45, 2.75) is 47.0 Å². The maximum Gasteiger partial charge on any atom is 0.307 e. The molecule has 0 aliphatic carbocycles. The number of nitrogens with two attached hydrogens (primary N) is 1. The maximum atomic E-state index is 11.0. The largest absolute Gasteiger partial charge is 0.481 e.